The van der Waals surface area contributed by atoms with E-state index in [1.165, 1.54) is 51.4 Å². The zero-order valence-electron chi connectivity index (χ0n) is 10.2. The van der Waals surface area contributed by atoms with Gasteiger partial charge in [-0.1, -0.05) is 38.5 Å². The smallest absolute Gasteiger partial charge is 0.0150 e. The summed E-state index contributed by atoms with van der Waals surface area (Å²) in [5.74, 6) is 0.880. The van der Waals surface area contributed by atoms with E-state index < -0.39 is 0 Å². The van der Waals surface area contributed by atoms with Crippen molar-refractivity contribution < 1.29 is 0 Å². The summed E-state index contributed by atoms with van der Waals surface area (Å²) in [4.78, 5) is 0. The van der Waals surface area contributed by atoms with E-state index in [0.29, 0.717) is 5.54 Å². The lowest BCUT2D eigenvalue weighted by molar-refractivity contribution is 0.233. The molecule has 0 atom stereocenters. The Morgan fingerprint density at radius 2 is 1.29 bits per heavy atom. The van der Waals surface area contributed by atoms with Crippen LogP contribution >= 0.6 is 0 Å². The Morgan fingerprint density at radius 1 is 0.857 bits per heavy atom. The van der Waals surface area contributed by atoms with Crippen LogP contribution in [0.1, 0.15) is 65.2 Å². The largest absolute Gasteiger partial charge is 0.315 e. The minimum absolute atomic E-state index is 0.338. The standard InChI is InChI=1S/C13H27N/c1-13(2,14-3)12-10-8-6-4-5-7-9-11-12/h12,14H,4-11H2,1-3H3. The lowest BCUT2D eigenvalue weighted by Crippen LogP contribution is -2.43. The molecule has 1 nitrogen and oxygen atoms in total. The van der Waals surface area contributed by atoms with Gasteiger partial charge in [0, 0.05) is 5.54 Å². The van der Waals surface area contributed by atoms with Crippen LogP contribution in [0.3, 0.4) is 0 Å². The van der Waals surface area contributed by atoms with Gasteiger partial charge in [0.05, 0.1) is 0 Å². The van der Waals surface area contributed by atoms with Crippen LogP contribution in [-0.2, 0) is 0 Å². The fourth-order valence-electron chi connectivity index (χ4n) is 2.56. The van der Waals surface area contributed by atoms with Crippen molar-refractivity contribution in [3.05, 3.63) is 0 Å². The van der Waals surface area contributed by atoms with Crippen molar-refractivity contribution in [2.24, 2.45) is 5.92 Å². The SMILES string of the molecule is CNC(C)(C)C1CCCCCCCC1. The fourth-order valence-corrected chi connectivity index (χ4v) is 2.56. The van der Waals surface area contributed by atoms with Crippen LogP contribution in [0.2, 0.25) is 0 Å². The zero-order chi connectivity index (χ0) is 10.4. The topological polar surface area (TPSA) is 12.0 Å². The number of rotatable bonds is 2. The second kappa shape index (κ2) is 5.75. The highest BCUT2D eigenvalue weighted by atomic mass is 14.9. The molecule has 0 heterocycles. The molecule has 14 heavy (non-hydrogen) atoms. The Morgan fingerprint density at radius 3 is 1.71 bits per heavy atom. The van der Waals surface area contributed by atoms with Gasteiger partial charge in [-0.25, -0.2) is 0 Å². The van der Waals surface area contributed by atoms with E-state index in [4.69, 9.17) is 0 Å². The van der Waals surface area contributed by atoms with Crippen LogP contribution in [0.5, 0.6) is 0 Å². The second-order valence-corrected chi connectivity index (χ2v) is 5.37. The average molecular weight is 197 g/mol. The highest BCUT2D eigenvalue weighted by Gasteiger charge is 2.26. The molecular formula is C13H27N. The molecule has 0 aliphatic heterocycles. The van der Waals surface area contributed by atoms with Crippen molar-refractivity contribution in [2.45, 2.75) is 70.8 Å². The predicted molar refractivity (Wildman–Crippen MR) is 63.6 cm³/mol. The minimum atomic E-state index is 0.338. The van der Waals surface area contributed by atoms with E-state index >= 15 is 0 Å². The first-order valence-corrected chi connectivity index (χ1v) is 6.36. The van der Waals surface area contributed by atoms with E-state index in [1.54, 1.807) is 0 Å². The van der Waals surface area contributed by atoms with Crippen molar-refractivity contribution in [1.82, 2.24) is 5.32 Å². The Balaban J connectivity index is 2.47. The number of hydrogen-bond donors (Lipinski definition) is 1. The quantitative estimate of drug-likeness (QED) is 0.711. The van der Waals surface area contributed by atoms with Gasteiger partial charge in [-0.3, -0.25) is 0 Å². The van der Waals surface area contributed by atoms with Gasteiger partial charge in [-0.2, -0.15) is 0 Å². The molecule has 0 aromatic heterocycles. The van der Waals surface area contributed by atoms with Crippen molar-refractivity contribution in [2.75, 3.05) is 7.05 Å². The van der Waals surface area contributed by atoms with E-state index in [0.717, 1.165) is 5.92 Å². The Labute approximate surface area is 89.7 Å². The van der Waals surface area contributed by atoms with Crippen LogP contribution in [-0.4, -0.2) is 12.6 Å². The van der Waals surface area contributed by atoms with E-state index in [2.05, 4.69) is 26.2 Å². The summed E-state index contributed by atoms with van der Waals surface area (Å²) >= 11 is 0. The van der Waals surface area contributed by atoms with Crippen LogP contribution < -0.4 is 5.32 Å². The zero-order valence-corrected chi connectivity index (χ0v) is 10.2. The third-order valence-corrected chi connectivity index (χ3v) is 4.02. The molecule has 0 amide bonds. The van der Waals surface area contributed by atoms with Gasteiger partial charge in [0.1, 0.15) is 0 Å². The van der Waals surface area contributed by atoms with Gasteiger partial charge >= 0.3 is 0 Å². The van der Waals surface area contributed by atoms with Gasteiger partial charge in [0.2, 0.25) is 0 Å². The number of hydrogen-bond acceptors (Lipinski definition) is 1. The molecule has 1 aliphatic rings. The Hall–Kier alpha value is -0.0400. The lowest BCUT2D eigenvalue weighted by atomic mass is 9.80. The van der Waals surface area contributed by atoms with Crippen molar-refractivity contribution in [3.8, 4) is 0 Å². The summed E-state index contributed by atoms with van der Waals surface area (Å²) in [6.07, 6.45) is 11.6. The van der Waals surface area contributed by atoms with E-state index in [9.17, 15) is 0 Å². The molecule has 0 spiro atoms. The normalized spacial score (nSPS) is 22.5. The third-order valence-electron chi connectivity index (χ3n) is 4.02. The summed E-state index contributed by atoms with van der Waals surface area (Å²) in [7, 11) is 2.10. The first-order chi connectivity index (χ1) is 6.67. The first kappa shape index (κ1) is 12.0. The Bertz CT molecular complexity index is 141. The monoisotopic (exact) mass is 197 g/mol. The maximum atomic E-state index is 3.48. The van der Waals surface area contributed by atoms with Crippen LogP contribution in [0, 0.1) is 5.92 Å². The average Bonchev–Trinajstić information content (AvgIpc) is 2.30. The predicted octanol–water partition coefficient (Wildman–Crippen LogP) is 3.74. The highest BCUT2D eigenvalue weighted by Crippen LogP contribution is 2.29. The van der Waals surface area contributed by atoms with Gasteiger partial charge in [0.25, 0.3) is 0 Å². The van der Waals surface area contributed by atoms with Crippen LogP contribution in [0.4, 0.5) is 0 Å². The summed E-state index contributed by atoms with van der Waals surface area (Å²) in [5, 5.41) is 3.48. The second-order valence-electron chi connectivity index (χ2n) is 5.37. The maximum absolute atomic E-state index is 3.48. The molecule has 1 heteroatoms. The molecule has 0 unspecified atom stereocenters. The van der Waals surface area contributed by atoms with Gasteiger partial charge in [-0.15, -0.1) is 0 Å². The summed E-state index contributed by atoms with van der Waals surface area (Å²) in [6, 6.07) is 0. The molecule has 1 N–H and O–H groups in total. The van der Waals surface area contributed by atoms with Crippen molar-refractivity contribution >= 4 is 0 Å². The van der Waals surface area contributed by atoms with Crippen LogP contribution in [0.15, 0.2) is 0 Å². The lowest BCUT2D eigenvalue weighted by Gasteiger charge is -2.34. The van der Waals surface area contributed by atoms with Crippen molar-refractivity contribution in [1.29, 1.82) is 0 Å². The van der Waals surface area contributed by atoms with Crippen molar-refractivity contribution in [3.63, 3.8) is 0 Å². The summed E-state index contributed by atoms with van der Waals surface area (Å²) in [6.45, 7) is 4.71. The third kappa shape index (κ3) is 3.61. The molecule has 1 saturated carbocycles. The molecule has 0 aromatic carbocycles. The first-order valence-electron chi connectivity index (χ1n) is 6.36. The number of nitrogens with one attached hydrogen (secondary N) is 1. The molecule has 0 radical (unpaired) electrons. The molecule has 0 aromatic rings. The van der Waals surface area contributed by atoms with Gasteiger partial charge in [-0.05, 0) is 39.7 Å². The summed E-state index contributed by atoms with van der Waals surface area (Å²) < 4.78 is 0. The highest BCUT2D eigenvalue weighted by molar-refractivity contribution is 4.84. The molecule has 84 valence electrons. The molecule has 1 rings (SSSR count). The van der Waals surface area contributed by atoms with Crippen LogP contribution in [0.25, 0.3) is 0 Å². The minimum Gasteiger partial charge on any atom is -0.315 e. The molecule has 0 saturated heterocycles. The maximum Gasteiger partial charge on any atom is 0.0150 e. The molecule has 1 fully saturated rings. The summed E-state index contributed by atoms with van der Waals surface area (Å²) in [5.41, 5.74) is 0.338. The van der Waals surface area contributed by atoms with E-state index in [-0.39, 0.29) is 0 Å². The molecular weight excluding hydrogens is 170 g/mol. The van der Waals surface area contributed by atoms with E-state index in [1.807, 2.05) is 0 Å². The fraction of sp³-hybridized carbons (Fsp3) is 1.00. The van der Waals surface area contributed by atoms with Gasteiger partial charge in [0.15, 0.2) is 0 Å². The molecule has 0 bridgehead atoms. The molecule has 1 aliphatic carbocycles. The van der Waals surface area contributed by atoms with Gasteiger partial charge < -0.3 is 5.32 Å². The Kier molecular flexibility index (Phi) is 4.94.